The van der Waals surface area contributed by atoms with E-state index in [4.69, 9.17) is 11.6 Å². The lowest BCUT2D eigenvalue weighted by Crippen LogP contribution is -2.30. The van der Waals surface area contributed by atoms with E-state index in [1.54, 1.807) is 24.3 Å². The van der Waals surface area contributed by atoms with Gasteiger partial charge in [-0.2, -0.15) is 0 Å². The van der Waals surface area contributed by atoms with Crippen LogP contribution in [-0.4, -0.2) is 19.2 Å². The first kappa shape index (κ1) is 22.1. The van der Waals surface area contributed by atoms with E-state index in [0.29, 0.717) is 5.69 Å². The number of carbonyl (C=O) groups is 1. The van der Waals surface area contributed by atoms with E-state index in [2.05, 4.69) is 15.6 Å². The number of nitrogens with zero attached hydrogens (tertiary/aromatic N) is 1. The third-order valence-corrected chi connectivity index (χ3v) is 5.88. The fraction of sp³-hybridized carbons (Fsp3) is 0.0500. The van der Waals surface area contributed by atoms with E-state index in [1.807, 2.05) is 13.0 Å². The Kier molecular flexibility index (Phi) is 6.42. The summed E-state index contributed by atoms with van der Waals surface area (Å²) in [7, 11) is -3.99. The first-order chi connectivity index (χ1) is 14.7. The minimum Gasteiger partial charge on any atom is -0.292 e. The molecule has 0 saturated carbocycles. The Morgan fingerprint density at radius 1 is 1.03 bits per heavy atom. The second-order valence-corrected chi connectivity index (χ2v) is 8.56. The highest BCUT2D eigenvalue weighted by atomic mass is 35.5. The Morgan fingerprint density at radius 2 is 1.77 bits per heavy atom. The first-order valence-electron chi connectivity index (χ1n) is 8.86. The molecule has 0 aliphatic heterocycles. The van der Waals surface area contributed by atoms with Gasteiger partial charge in [-0.05, 0) is 48.9 Å². The molecule has 0 heterocycles. The monoisotopic (exact) mass is 460 g/mol. The summed E-state index contributed by atoms with van der Waals surface area (Å²) in [6, 6.07) is 16.2. The van der Waals surface area contributed by atoms with Gasteiger partial charge in [-0.25, -0.2) is 8.42 Å². The van der Waals surface area contributed by atoms with Crippen molar-refractivity contribution in [3.8, 4) is 0 Å². The number of nitro benzene ring substituents is 1. The number of rotatable bonds is 7. The lowest BCUT2D eigenvalue weighted by molar-refractivity contribution is -0.384. The van der Waals surface area contributed by atoms with Gasteiger partial charge < -0.3 is 0 Å². The van der Waals surface area contributed by atoms with Crippen LogP contribution in [0.5, 0.6) is 0 Å². The lowest BCUT2D eigenvalue weighted by atomic mass is 10.2. The fourth-order valence-electron chi connectivity index (χ4n) is 2.70. The molecule has 0 fully saturated rings. The van der Waals surface area contributed by atoms with Crippen molar-refractivity contribution in [3.63, 3.8) is 0 Å². The van der Waals surface area contributed by atoms with Crippen LogP contribution in [0.1, 0.15) is 15.9 Å². The van der Waals surface area contributed by atoms with E-state index in [1.165, 1.54) is 30.3 Å². The third-order valence-electron chi connectivity index (χ3n) is 4.17. The predicted molar refractivity (Wildman–Crippen MR) is 118 cm³/mol. The molecule has 0 aliphatic rings. The number of hydrazine groups is 1. The topological polar surface area (TPSA) is 130 Å². The van der Waals surface area contributed by atoms with Crippen LogP contribution in [0.2, 0.25) is 5.02 Å². The van der Waals surface area contributed by atoms with Crippen LogP contribution in [0.4, 0.5) is 17.1 Å². The molecular formula is C20H17ClN4O5S. The number of sulfonamides is 1. The predicted octanol–water partition coefficient (Wildman–Crippen LogP) is 4.11. The number of halogens is 1. The summed E-state index contributed by atoms with van der Waals surface area (Å²) in [5.74, 6) is -0.768. The molecule has 0 bridgehead atoms. The highest BCUT2D eigenvalue weighted by molar-refractivity contribution is 7.92. The maximum Gasteiger partial charge on any atom is 0.294 e. The molecule has 0 saturated heterocycles. The van der Waals surface area contributed by atoms with Crippen LogP contribution in [-0.2, 0) is 10.0 Å². The van der Waals surface area contributed by atoms with Crippen molar-refractivity contribution in [1.29, 1.82) is 0 Å². The van der Waals surface area contributed by atoms with Gasteiger partial charge in [-0.1, -0.05) is 35.9 Å². The summed E-state index contributed by atoms with van der Waals surface area (Å²) in [4.78, 5) is 22.9. The summed E-state index contributed by atoms with van der Waals surface area (Å²) in [6.07, 6.45) is 0. The standard InChI is InChI=1S/C20H17ClN4O5S/c1-13-5-4-6-14(11-13)24-31(29,30)15-9-10-17(21)16(12-15)20(26)23-22-18-7-2-3-8-19(18)25(27)28/h2-12,22,24H,1H3,(H,23,26). The van der Waals surface area contributed by atoms with Gasteiger partial charge in [0.05, 0.1) is 20.4 Å². The van der Waals surface area contributed by atoms with Gasteiger partial charge in [0.25, 0.3) is 21.6 Å². The zero-order chi connectivity index (χ0) is 22.6. The molecule has 0 spiro atoms. The van der Waals surface area contributed by atoms with Crippen LogP contribution >= 0.6 is 11.6 Å². The molecule has 3 aromatic rings. The molecule has 31 heavy (non-hydrogen) atoms. The van der Waals surface area contributed by atoms with Gasteiger partial charge in [-0.3, -0.25) is 30.5 Å². The number of amides is 1. The highest BCUT2D eigenvalue weighted by Crippen LogP contribution is 2.24. The molecule has 11 heteroatoms. The summed E-state index contributed by atoms with van der Waals surface area (Å²) >= 11 is 6.07. The summed E-state index contributed by atoms with van der Waals surface area (Å²) < 4.78 is 27.9. The minimum absolute atomic E-state index is 0.0105. The van der Waals surface area contributed by atoms with E-state index < -0.39 is 20.9 Å². The largest absolute Gasteiger partial charge is 0.294 e. The molecule has 3 N–H and O–H groups in total. The second-order valence-electron chi connectivity index (χ2n) is 6.47. The van der Waals surface area contributed by atoms with Crippen LogP contribution in [0.15, 0.2) is 71.6 Å². The van der Waals surface area contributed by atoms with Crippen LogP contribution in [0.25, 0.3) is 0 Å². The molecule has 0 aromatic heterocycles. The molecule has 0 aliphatic carbocycles. The van der Waals surface area contributed by atoms with E-state index in [-0.39, 0.29) is 26.9 Å². The number of benzene rings is 3. The van der Waals surface area contributed by atoms with E-state index in [9.17, 15) is 23.3 Å². The minimum atomic E-state index is -3.99. The lowest BCUT2D eigenvalue weighted by Gasteiger charge is -2.12. The maximum atomic E-state index is 12.7. The van der Waals surface area contributed by atoms with Crippen LogP contribution < -0.4 is 15.6 Å². The molecule has 0 radical (unpaired) electrons. The van der Waals surface area contributed by atoms with Crippen molar-refractivity contribution in [3.05, 3.63) is 93.0 Å². The number of hydrogen-bond donors (Lipinski definition) is 3. The van der Waals surface area contributed by atoms with Crippen molar-refractivity contribution >= 4 is 44.6 Å². The number of para-hydroxylation sites is 2. The smallest absolute Gasteiger partial charge is 0.292 e. The van der Waals surface area contributed by atoms with Crippen molar-refractivity contribution < 1.29 is 18.1 Å². The Morgan fingerprint density at radius 3 is 2.48 bits per heavy atom. The van der Waals surface area contributed by atoms with Gasteiger partial charge in [0, 0.05) is 11.8 Å². The van der Waals surface area contributed by atoms with E-state index in [0.717, 1.165) is 11.6 Å². The van der Waals surface area contributed by atoms with E-state index >= 15 is 0 Å². The zero-order valence-corrected chi connectivity index (χ0v) is 17.7. The summed E-state index contributed by atoms with van der Waals surface area (Å²) in [6.45, 7) is 1.83. The number of aryl methyl sites for hydroxylation is 1. The summed E-state index contributed by atoms with van der Waals surface area (Å²) in [5.41, 5.74) is 5.69. The normalized spacial score (nSPS) is 10.9. The number of nitro groups is 1. The van der Waals surface area contributed by atoms with Gasteiger partial charge >= 0.3 is 0 Å². The average molecular weight is 461 g/mol. The molecule has 1 amide bonds. The third kappa shape index (κ3) is 5.30. The molecule has 3 aromatic carbocycles. The quantitative estimate of drug-likeness (QED) is 0.359. The van der Waals surface area contributed by atoms with Crippen LogP contribution in [0, 0.1) is 17.0 Å². The van der Waals surface area contributed by atoms with Crippen molar-refractivity contribution in [2.45, 2.75) is 11.8 Å². The zero-order valence-electron chi connectivity index (χ0n) is 16.1. The SMILES string of the molecule is Cc1cccc(NS(=O)(=O)c2ccc(Cl)c(C(=O)NNc3ccccc3[N+](=O)[O-])c2)c1. The van der Waals surface area contributed by atoms with Crippen molar-refractivity contribution in [2.24, 2.45) is 0 Å². The molecule has 9 nitrogen and oxygen atoms in total. The average Bonchev–Trinajstić information content (AvgIpc) is 2.72. The van der Waals surface area contributed by atoms with Crippen LogP contribution in [0.3, 0.4) is 0 Å². The molecule has 3 rings (SSSR count). The summed E-state index contributed by atoms with van der Waals surface area (Å²) in [5, 5.41) is 11.1. The Labute approximate surface area is 183 Å². The molecule has 0 atom stereocenters. The Hall–Kier alpha value is -3.63. The molecule has 0 unspecified atom stereocenters. The Bertz CT molecular complexity index is 1260. The fourth-order valence-corrected chi connectivity index (χ4v) is 3.98. The number of carbonyl (C=O) groups excluding carboxylic acids is 1. The van der Waals surface area contributed by atoms with Gasteiger partial charge in [-0.15, -0.1) is 0 Å². The number of hydrogen-bond acceptors (Lipinski definition) is 6. The second kappa shape index (κ2) is 9.02. The highest BCUT2D eigenvalue weighted by Gasteiger charge is 2.20. The van der Waals surface area contributed by atoms with Crippen molar-refractivity contribution in [1.82, 2.24) is 5.43 Å². The maximum absolute atomic E-state index is 12.7. The first-order valence-corrected chi connectivity index (χ1v) is 10.7. The van der Waals surface area contributed by atoms with Crippen molar-refractivity contribution in [2.75, 3.05) is 10.1 Å². The molecular weight excluding hydrogens is 444 g/mol. The number of nitrogens with one attached hydrogen (secondary N) is 3. The van der Waals surface area contributed by atoms with Gasteiger partial charge in [0.1, 0.15) is 5.69 Å². The Balaban J connectivity index is 1.82. The molecule has 160 valence electrons. The van der Waals surface area contributed by atoms with Gasteiger partial charge in [0.2, 0.25) is 0 Å². The number of anilines is 2. The van der Waals surface area contributed by atoms with Gasteiger partial charge in [0.15, 0.2) is 0 Å².